The van der Waals surface area contributed by atoms with E-state index in [4.69, 9.17) is 14.4 Å². The third kappa shape index (κ3) is 4.14. The molecule has 10 aromatic rings. The molecule has 3 nitrogen and oxygen atoms in total. The first-order valence-corrected chi connectivity index (χ1v) is 15.9. The van der Waals surface area contributed by atoms with Crippen LogP contribution in [0.5, 0.6) is 0 Å². The van der Waals surface area contributed by atoms with E-state index in [9.17, 15) is 0 Å². The van der Waals surface area contributed by atoms with E-state index in [-0.39, 0.29) is 0 Å². The zero-order valence-corrected chi connectivity index (χ0v) is 25.3. The highest BCUT2D eigenvalue weighted by molar-refractivity contribution is 6.14. The lowest BCUT2D eigenvalue weighted by molar-refractivity contribution is 0.669. The van der Waals surface area contributed by atoms with E-state index in [0.29, 0.717) is 0 Å². The van der Waals surface area contributed by atoms with Crippen LogP contribution in [0.1, 0.15) is 0 Å². The van der Waals surface area contributed by atoms with Crippen molar-refractivity contribution < 1.29 is 4.42 Å². The number of hydrogen-bond acceptors (Lipinski definition) is 3. The third-order valence-electron chi connectivity index (χ3n) is 9.45. The van der Waals surface area contributed by atoms with Crippen molar-refractivity contribution in [1.29, 1.82) is 0 Å². The minimum atomic E-state index is 0.882. The van der Waals surface area contributed by atoms with Crippen LogP contribution in [0.15, 0.2) is 162 Å². The molecule has 7 aromatic carbocycles. The van der Waals surface area contributed by atoms with Gasteiger partial charge in [-0.1, -0.05) is 115 Å². The molecular formula is C44H26N2O. The number of furan rings is 1. The molecule has 0 fully saturated rings. The molecule has 218 valence electrons. The maximum absolute atomic E-state index is 6.06. The van der Waals surface area contributed by atoms with Gasteiger partial charge in [-0.25, -0.2) is 9.97 Å². The van der Waals surface area contributed by atoms with Gasteiger partial charge in [0, 0.05) is 32.7 Å². The standard InChI is InChI=1S/C44H26N2O/c1-2-8-33-31(7-1)25-37(35-10-4-3-9-34(33)35)27-13-15-28(16-14-27)39-22-19-29-17-18-30-20-23-40(46-44(30)43(29)45-39)32-21-24-42-38(26-32)36-11-5-6-12-41(36)47-42/h1-26H. The number of rotatable bonds is 3. The second-order valence-electron chi connectivity index (χ2n) is 12.2. The van der Waals surface area contributed by atoms with Crippen molar-refractivity contribution in [2.24, 2.45) is 0 Å². The van der Waals surface area contributed by atoms with E-state index in [0.717, 1.165) is 66.3 Å². The summed E-state index contributed by atoms with van der Waals surface area (Å²) in [7, 11) is 0. The lowest BCUT2D eigenvalue weighted by atomic mass is 9.93. The first-order valence-electron chi connectivity index (χ1n) is 15.9. The fraction of sp³-hybridized carbons (Fsp3) is 0. The number of para-hydroxylation sites is 1. The Kier molecular flexibility index (Phi) is 5.57. The second kappa shape index (κ2) is 10.1. The zero-order chi connectivity index (χ0) is 30.9. The Morgan fingerprint density at radius 1 is 0.340 bits per heavy atom. The van der Waals surface area contributed by atoms with E-state index in [1.54, 1.807) is 0 Å². The highest BCUT2D eigenvalue weighted by Crippen LogP contribution is 2.37. The molecule has 0 bridgehead atoms. The summed E-state index contributed by atoms with van der Waals surface area (Å²) in [6, 6.07) is 55.6. The summed E-state index contributed by atoms with van der Waals surface area (Å²) in [5.74, 6) is 0. The Labute approximate surface area is 270 Å². The molecule has 0 atom stereocenters. The van der Waals surface area contributed by atoms with Crippen LogP contribution in [0.3, 0.4) is 0 Å². The molecule has 3 heterocycles. The number of fused-ring (bicyclic) bond motifs is 9. The van der Waals surface area contributed by atoms with Gasteiger partial charge in [0.1, 0.15) is 11.2 Å². The Morgan fingerprint density at radius 2 is 0.894 bits per heavy atom. The molecule has 0 aliphatic heterocycles. The van der Waals surface area contributed by atoms with E-state index in [1.165, 1.54) is 32.7 Å². The molecule has 0 radical (unpaired) electrons. The van der Waals surface area contributed by atoms with Gasteiger partial charge in [-0.3, -0.25) is 0 Å². The number of benzene rings is 7. The SMILES string of the molecule is c1ccc2c(c1)cc(-c1ccc(-c3ccc4ccc5ccc(-c6ccc7oc8ccccc8c7c6)nc5c4n3)cc1)c1ccccc12. The number of pyridine rings is 2. The maximum atomic E-state index is 6.06. The summed E-state index contributed by atoms with van der Waals surface area (Å²) in [5.41, 5.74) is 9.98. The number of hydrogen-bond donors (Lipinski definition) is 0. The van der Waals surface area contributed by atoms with Crippen LogP contribution in [-0.4, -0.2) is 9.97 Å². The van der Waals surface area contributed by atoms with E-state index >= 15 is 0 Å². The quantitative estimate of drug-likeness (QED) is 0.190. The van der Waals surface area contributed by atoms with Crippen molar-refractivity contribution in [3.63, 3.8) is 0 Å². The van der Waals surface area contributed by atoms with Gasteiger partial charge >= 0.3 is 0 Å². The molecule has 0 N–H and O–H groups in total. The highest BCUT2D eigenvalue weighted by atomic mass is 16.3. The van der Waals surface area contributed by atoms with Crippen LogP contribution in [0.4, 0.5) is 0 Å². The van der Waals surface area contributed by atoms with Gasteiger partial charge in [-0.2, -0.15) is 0 Å². The smallest absolute Gasteiger partial charge is 0.135 e. The lowest BCUT2D eigenvalue weighted by Gasteiger charge is -2.12. The van der Waals surface area contributed by atoms with Gasteiger partial charge in [-0.15, -0.1) is 0 Å². The van der Waals surface area contributed by atoms with E-state index in [2.05, 4.69) is 133 Å². The summed E-state index contributed by atoms with van der Waals surface area (Å²) >= 11 is 0. The molecule has 3 aromatic heterocycles. The van der Waals surface area contributed by atoms with Crippen LogP contribution in [-0.2, 0) is 0 Å². The van der Waals surface area contributed by atoms with E-state index in [1.807, 2.05) is 24.3 Å². The van der Waals surface area contributed by atoms with Gasteiger partial charge in [0.25, 0.3) is 0 Å². The molecule has 0 unspecified atom stereocenters. The first-order chi connectivity index (χ1) is 23.3. The predicted octanol–water partition coefficient (Wildman–Crippen LogP) is 12.0. The summed E-state index contributed by atoms with van der Waals surface area (Å²) < 4.78 is 6.06. The van der Waals surface area contributed by atoms with Crippen LogP contribution < -0.4 is 0 Å². The highest BCUT2D eigenvalue weighted by Gasteiger charge is 2.13. The van der Waals surface area contributed by atoms with Crippen LogP contribution in [0, 0.1) is 0 Å². The van der Waals surface area contributed by atoms with Crippen LogP contribution in [0.25, 0.3) is 98.9 Å². The fourth-order valence-electron chi connectivity index (χ4n) is 7.09. The Bertz CT molecular complexity index is 2850. The molecule has 0 aliphatic carbocycles. The molecule has 0 aliphatic rings. The Balaban J connectivity index is 1.07. The zero-order valence-electron chi connectivity index (χ0n) is 25.3. The fourth-order valence-corrected chi connectivity index (χ4v) is 7.09. The van der Waals surface area contributed by atoms with Crippen molar-refractivity contribution >= 4 is 65.3 Å². The number of nitrogens with zero attached hydrogens (tertiary/aromatic N) is 2. The summed E-state index contributed by atoms with van der Waals surface area (Å²) in [6.07, 6.45) is 0. The molecule has 10 rings (SSSR count). The number of aromatic nitrogens is 2. The minimum absolute atomic E-state index is 0.882. The van der Waals surface area contributed by atoms with Crippen molar-refractivity contribution in [2.75, 3.05) is 0 Å². The van der Waals surface area contributed by atoms with Crippen LogP contribution in [0.2, 0.25) is 0 Å². The van der Waals surface area contributed by atoms with Gasteiger partial charge < -0.3 is 4.42 Å². The van der Waals surface area contributed by atoms with E-state index < -0.39 is 0 Å². The van der Waals surface area contributed by atoms with Crippen molar-refractivity contribution in [3.8, 4) is 33.6 Å². The van der Waals surface area contributed by atoms with Crippen molar-refractivity contribution in [3.05, 3.63) is 158 Å². The molecule has 0 amide bonds. The second-order valence-corrected chi connectivity index (χ2v) is 12.2. The Morgan fingerprint density at radius 3 is 1.66 bits per heavy atom. The monoisotopic (exact) mass is 598 g/mol. The first kappa shape index (κ1) is 26.0. The van der Waals surface area contributed by atoms with Crippen LogP contribution >= 0.6 is 0 Å². The predicted molar refractivity (Wildman–Crippen MR) is 196 cm³/mol. The molecule has 0 spiro atoms. The topological polar surface area (TPSA) is 38.9 Å². The van der Waals surface area contributed by atoms with Crippen molar-refractivity contribution in [1.82, 2.24) is 9.97 Å². The Hall–Kier alpha value is -6.32. The summed E-state index contributed by atoms with van der Waals surface area (Å²) in [4.78, 5) is 10.4. The molecule has 0 saturated heterocycles. The van der Waals surface area contributed by atoms with Crippen molar-refractivity contribution in [2.45, 2.75) is 0 Å². The molecule has 3 heteroatoms. The maximum Gasteiger partial charge on any atom is 0.135 e. The van der Waals surface area contributed by atoms with Gasteiger partial charge in [0.15, 0.2) is 0 Å². The largest absolute Gasteiger partial charge is 0.456 e. The molecule has 0 saturated carbocycles. The average molecular weight is 599 g/mol. The summed E-state index contributed by atoms with van der Waals surface area (Å²) in [5, 5.41) is 9.41. The third-order valence-corrected chi connectivity index (χ3v) is 9.45. The summed E-state index contributed by atoms with van der Waals surface area (Å²) in [6.45, 7) is 0. The molecule has 47 heavy (non-hydrogen) atoms. The van der Waals surface area contributed by atoms with Gasteiger partial charge in [0.2, 0.25) is 0 Å². The average Bonchev–Trinajstić information content (AvgIpc) is 3.52. The normalized spacial score (nSPS) is 11.8. The lowest BCUT2D eigenvalue weighted by Crippen LogP contribution is -1.91. The van der Waals surface area contributed by atoms with Gasteiger partial charge in [0.05, 0.1) is 22.4 Å². The van der Waals surface area contributed by atoms with Gasteiger partial charge in [-0.05, 0) is 75.1 Å². The molecular weight excluding hydrogens is 572 g/mol. The minimum Gasteiger partial charge on any atom is -0.456 e.